The van der Waals surface area contributed by atoms with Gasteiger partial charge in [-0.05, 0) is 30.5 Å². The highest BCUT2D eigenvalue weighted by Gasteiger charge is 2.50. The molecule has 2 fully saturated rings. The van der Waals surface area contributed by atoms with E-state index in [1.54, 1.807) is 6.07 Å². The number of hydrogen-bond acceptors (Lipinski definition) is 2. The highest BCUT2D eigenvalue weighted by molar-refractivity contribution is 9.10. The van der Waals surface area contributed by atoms with E-state index < -0.39 is 5.54 Å². The van der Waals surface area contributed by atoms with Crippen molar-refractivity contribution in [3.05, 3.63) is 34.1 Å². The zero-order chi connectivity index (χ0) is 16.4. The van der Waals surface area contributed by atoms with Gasteiger partial charge in [-0.2, -0.15) is 0 Å². The molecule has 0 bridgehead atoms. The molecular formula is C17H20BrFN2O2. The summed E-state index contributed by atoms with van der Waals surface area (Å²) in [7, 11) is 0. The monoisotopic (exact) mass is 382 g/mol. The van der Waals surface area contributed by atoms with E-state index in [0.717, 1.165) is 31.2 Å². The van der Waals surface area contributed by atoms with Crippen LogP contribution in [0.5, 0.6) is 0 Å². The Labute approximate surface area is 143 Å². The number of imide groups is 1. The molecule has 1 saturated carbocycles. The van der Waals surface area contributed by atoms with Crippen LogP contribution in [0.4, 0.5) is 9.18 Å². The van der Waals surface area contributed by atoms with Crippen molar-refractivity contribution in [3.63, 3.8) is 0 Å². The average Bonchev–Trinajstić information content (AvgIpc) is 2.71. The molecule has 0 aromatic heterocycles. The van der Waals surface area contributed by atoms with Crippen LogP contribution in [-0.4, -0.2) is 22.4 Å². The van der Waals surface area contributed by atoms with E-state index in [1.807, 2.05) is 0 Å². The highest BCUT2D eigenvalue weighted by atomic mass is 79.9. The van der Waals surface area contributed by atoms with Crippen LogP contribution in [0.3, 0.4) is 0 Å². The Bertz CT molecular complexity index is 627. The average molecular weight is 383 g/mol. The van der Waals surface area contributed by atoms with Gasteiger partial charge in [-0.15, -0.1) is 0 Å². The van der Waals surface area contributed by atoms with E-state index in [4.69, 9.17) is 0 Å². The topological polar surface area (TPSA) is 49.4 Å². The summed E-state index contributed by atoms with van der Waals surface area (Å²) in [6.45, 7) is 0.160. The normalized spacial score (nSPS) is 21.2. The Morgan fingerprint density at radius 1 is 1.13 bits per heavy atom. The second-order valence-corrected chi connectivity index (χ2v) is 7.26. The van der Waals surface area contributed by atoms with Crippen LogP contribution < -0.4 is 5.32 Å². The van der Waals surface area contributed by atoms with E-state index in [0.29, 0.717) is 17.3 Å². The predicted molar refractivity (Wildman–Crippen MR) is 88.2 cm³/mol. The molecule has 3 rings (SSSR count). The molecule has 1 aliphatic heterocycles. The molecule has 1 spiro atoms. The molecule has 1 aromatic carbocycles. The molecular weight excluding hydrogens is 363 g/mol. The van der Waals surface area contributed by atoms with Gasteiger partial charge in [0.2, 0.25) is 0 Å². The minimum atomic E-state index is -0.732. The van der Waals surface area contributed by atoms with Crippen LogP contribution in [-0.2, 0) is 11.3 Å². The van der Waals surface area contributed by atoms with E-state index in [-0.39, 0.29) is 24.3 Å². The van der Waals surface area contributed by atoms with E-state index in [1.165, 1.54) is 23.5 Å². The minimum absolute atomic E-state index is 0.138. The molecule has 0 atom stereocenters. The molecule has 0 unspecified atom stereocenters. The third-order valence-corrected chi connectivity index (χ3v) is 5.53. The van der Waals surface area contributed by atoms with Gasteiger partial charge in [-0.3, -0.25) is 9.69 Å². The van der Waals surface area contributed by atoms with Crippen LogP contribution in [0.1, 0.15) is 50.5 Å². The Hall–Kier alpha value is -1.43. The number of nitrogens with one attached hydrogen (secondary N) is 1. The molecule has 4 nitrogen and oxygen atoms in total. The van der Waals surface area contributed by atoms with Crippen molar-refractivity contribution in [1.82, 2.24) is 10.2 Å². The fraction of sp³-hybridized carbons (Fsp3) is 0.529. The lowest BCUT2D eigenvalue weighted by molar-refractivity contribution is -0.132. The number of nitrogens with zero attached hydrogens (tertiary/aromatic N) is 1. The minimum Gasteiger partial charge on any atom is -0.323 e. The second kappa shape index (κ2) is 6.59. The molecule has 1 aromatic rings. The number of rotatable bonds is 2. The molecule has 0 radical (unpaired) electrons. The third-order valence-electron chi connectivity index (χ3n) is 4.80. The van der Waals surface area contributed by atoms with Gasteiger partial charge in [-0.1, -0.05) is 54.1 Å². The molecule has 3 amide bonds. The third kappa shape index (κ3) is 3.27. The van der Waals surface area contributed by atoms with Crippen molar-refractivity contribution in [3.8, 4) is 0 Å². The maximum Gasteiger partial charge on any atom is 0.325 e. The summed E-state index contributed by atoms with van der Waals surface area (Å²) < 4.78 is 13.8. The van der Waals surface area contributed by atoms with Gasteiger partial charge in [0.15, 0.2) is 0 Å². The van der Waals surface area contributed by atoms with Crippen LogP contribution in [0.2, 0.25) is 0 Å². The Balaban J connectivity index is 1.80. The SMILES string of the molecule is O=C1NC2(CCCCCCC2)C(=O)N1Cc1ccc(F)cc1Br. The first kappa shape index (κ1) is 16.4. The number of amides is 3. The molecule has 2 aliphatic rings. The van der Waals surface area contributed by atoms with Crippen molar-refractivity contribution in [1.29, 1.82) is 0 Å². The lowest BCUT2D eigenvalue weighted by Crippen LogP contribution is -2.47. The molecule has 1 N–H and O–H groups in total. The lowest BCUT2D eigenvalue weighted by atomic mass is 9.84. The quantitative estimate of drug-likeness (QED) is 0.781. The van der Waals surface area contributed by atoms with Gasteiger partial charge >= 0.3 is 6.03 Å². The Kier molecular flexibility index (Phi) is 4.71. The predicted octanol–water partition coefficient (Wildman–Crippen LogP) is 4.12. The first-order valence-corrected chi connectivity index (χ1v) is 8.89. The molecule has 124 valence electrons. The van der Waals surface area contributed by atoms with Crippen LogP contribution in [0.25, 0.3) is 0 Å². The summed E-state index contributed by atoms with van der Waals surface area (Å²) in [5.41, 5.74) is -0.0120. The van der Waals surface area contributed by atoms with Gasteiger partial charge in [0.25, 0.3) is 5.91 Å². The Morgan fingerprint density at radius 3 is 2.43 bits per heavy atom. The fourth-order valence-electron chi connectivity index (χ4n) is 3.49. The van der Waals surface area contributed by atoms with Crippen LogP contribution >= 0.6 is 15.9 Å². The van der Waals surface area contributed by atoms with Crippen LogP contribution in [0, 0.1) is 5.82 Å². The van der Waals surface area contributed by atoms with Gasteiger partial charge in [0.05, 0.1) is 6.54 Å². The van der Waals surface area contributed by atoms with Crippen molar-refractivity contribution in [2.24, 2.45) is 0 Å². The van der Waals surface area contributed by atoms with Gasteiger partial charge in [0.1, 0.15) is 11.4 Å². The first-order chi connectivity index (χ1) is 11.0. The number of benzene rings is 1. The Morgan fingerprint density at radius 2 is 1.78 bits per heavy atom. The molecule has 1 saturated heterocycles. The van der Waals surface area contributed by atoms with Crippen molar-refractivity contribution in [2.75, 3.05) is 0 Å². The van der Waals surface area contributed by atoms with Crippen LogP contribution in [0.15, 0.2) is 22.7 Å². The lowest BCUT2D eigenvalue weighted by Gasteiger charge is -2.28. The van der Waals surface area contributed by atoms with E-state index >= 15 is 0 Å². The van der Waals surface area contributed by atoms with Gasteiger partial charge < -0.3 is 5.32 Å². The standard InChI is InChI=1S/C17H20BrFN2O2/c18-14-10-13(19)7-6-12(14)11-21-15(22)17(20-16(21)23)8-4-2-1-3-5-9-17/h6-7,10H,1-5,8-9,11H2,(H,20,23). The number of urea groups is 1. The molecule has 6 heteroatoms. The maximum atomic E-state index is 13.2. The number of hydrogen-bond donors (Lipinski definition) is 1. The zero-order valence-corrected chi connectivity index (χ0v) is 14.5. The first-order valence-electron chi connectivity index (χ1n) is 8.10. The smallest absolute Gasteiger partial charge is 0.323 e. The number of carbonyl (C=O) groups is 2. The van der Waals surface area contributed by atoms with Gasteiger partial charge in [0, 0.05) is 4.47 Å². The van der Waals surface area contributed by atoms with E-state index in [2.05, 4.69) is 21.2 Å². The summed E-state index contributed by atoms with van der Waals surface area (Å²) in [6.07, 6.45) is 6.74. The second-order valence-electron chi connectivity index (χ2n) is 6.41. The summed E-state index contributed by atoms with van der Waals surface area (Å²) >= 11 is 3.29. The fourth-order valence-corrected chi connectivity index (χ4v) is 3.96. The summed E-state index contributed by atoms with van der Waals surface area (Å²) in [6, 6.07) is 3.94. The highest BCUT2D eigenvalue weighted by Crippen LogP contribution is 2.33. The number of carbonyl (C=O) groups excluding carboxylic acids is 2. The molecule has 1 aliphatic carbocycles. The summed E-state index contributed by atoms with van der Waals surface area (Å²) in [5, 5.41) is 2.94. The van der Waals surface area contributed by atoms with Crippen molar-refractivity contribution in [2.45, 2.75) is 57.0 Å². The largest absolute Gasteiger partial charge is 0.325 e. The van der Waals surface area contributed by atoms with Crippen molar-refractivity contribution >= 4 is 27.9 Å². The molecule has 1 heterocycles. The summed E-state index contributed by atoms with van der Waals surface area (Å²) in [4.78, 5) is 26.5. The van der Waals surface area contributed by atoms with Gasteiger partial charge in [-0.25, -0.2) is 9.18 Å². The number of halogens is 2. The van der Waals surface area contributed by atoms with E-state index in [9.17, 15) is 14.0 Å². The zero-order valence-electron chi connectivity index (χ0n) is 12.9. The maximum absolute atomic E-state index is 13.2. The van der Waals surface area contributed by atoms with Crippen molar-refractivity contribution < 1.29 is 14.0 Å². The summed E-state index contributed by atoms with van der Waals surface area (Å²) in [5.74, 6) is -0.491. The molecule has 23 heavy (non-hydrogen) atoms.